The molecule has 1 unspecified atom stereocenters. The van der Waals surface area contributed by atoms with Crippen LogP contribution in [0.15, 0.2) is 60.3 Å². The number of hydrogen-bond donors (Lipinski definition) is 1. The van der Waals surface area contributed by atoms with Gasteiger partial charge in [0.25, 0.3) is 11.8 Å². The van der Waals surface area contributed by atoms with E-state index in [1.807, 2.05) is 59.5 Å². The van der Waals surface area contributed by atoms with Crippen LogP contribution in [0.1, 0.15) is 24.0 Å². The number of piperidine rings is 1. The summed E-state index contributed by atoms with van der Waals surface area (Å²) >= 11 is 0. The maximum absolute atomic E-state index is 13.4. The Morgan fingerprint density at radius 2 is 1.77 bits per heavy atom. The van der Waals surface area contributed by atoms with Crippen molar-refractivity contribution in [3.05, 3.63) is 71.4 Å². The quantitative estimate of drug-likeness (QED) is 0.747. The average molecular weight is 406 g/mol. The van der Waals surface area contributed by atoms with Gasteiger partial charge in [-0.25, -0.2) is 0 Å². The second-order valence-corrected chi connectivity index (χ2v) is 7.77. The number of carbonyl (C=O) groups excluding carboxylic acids is 2. The van der Waals surface area contributed by atoms with E-state index in [0.717, 1.165) is 29.7 Å². The lowest BCUT2D eigenvalue weighted by atomic mass is 9.97. The Balaban J connectivity index is 1.68. The Bertz CT molecular complexity index is 953. The van der Waals surface area contributed by atoms with E-state index in [-0.39, 0.29) is 30.9 Å². The molecule has 1 fully saturated rings. The molecule has 1 saturated heterocycles. The van der Waals surface area contributed by atoms with E-state index in [9.17, 15) is 14.7 Å². The molecule has 4 rings (SSSR count). The monoisotopic (exact) mass is 406 g/mol. The third-order valence-corrected chi connectivity index (χ3v) is 5.80. The van der Waals surface area contributed by atoms with E-state index in [1.54, 1.807) is 7.11 Å². The van der Waals surface area contributed by atoms with Crippen molar-refractivity contribution in [2.24, 2.45) is 5.92 Å². The van der Waals surface area contributed by atoms with Gasteiger partial charge in [0.1, 0.15) is 11.4 Å². The normalized spacial score (nSPS) is 19.6. The van der Waals surface area contributed by atoms with Crippen molar-refractivity contribution in [3.63, 3.8) is 0 Å². The fraction of sp³-hybridized carbons (Fsp3) is 0.333. The Kier molecular flexibility index (Phi) is 5.86. The Morgan fingerprint density at radius 1 is 1.03 bits per heavy atom. The molecule has 0 bridgehead atoms. The molecule has 2 aliphatic heterocycles. The third-order valence-electron chi connectivity index (χ3n) is 5.80. The highest BCUT2D eigenvalue weighted by Crippen LogP contribution is 2.34. The van der Waals surface area contributed by atoms with Crippen molar-refractivity contribution in [1.82, 2.24) is 9.80 Å². The Morgan fingerprint density at radius 3 is 2.43 bits per heavy atom. The van der Waals surface area contributed by atoms with Gasteiger partial charge >= 0.3 is 0 Å². The molecule has 30 heavy (non-hydrogen) atoms. The number of hydrogen-bond acceptors (Lipinski definition) is 5. The van der Waals surface area contributed by atoms with Crippen LogP contribution < -0.4 is 4.74 Å². The summed E-state index contributed by atoms with van der Waals surface area (Å²) in [6.45, 7) is 1.58. The molecule has 0 aliphatic carbocycles. The number of ether oxygens (including phenoxy) is 1. The van der Waals surface area contributed by atoms with Crippen LogP contribution in [0.2, 0.25) is 0 Å². The zero-order valence-electron chi connectivity index (χ0n) is 17.1. The number of carbonyl (C=O) groups is 2. The minimum Gasteiger partial charge on any atom is -0.497 e. The van der Waals surface area contributed by atoms with Gasteiger partial charge in [-0.3, -0.25) is 14.5 Å². The van der Waals surface area contributed by atoms with Crippen LogP contribution >= 0.6 is 0 Å². The summed E-state index contributed by atoms with van der Waals surface area (Å²) in [6.07, 6.45) is 1.81. The zero-order chi connectivity index (χ0) is 21.1. The highest BCUT2D eigenvalue weighted by atomic mass is 16.5. The maximum atomic E-state index is 13.4. The van der Waals surface area contributed by atoms with Crippen LogP contribution in [0.25, 0.3) is 5.57 Å². The van der Waals surface area contributed by atoms with Gasteiger partial charge in [0.15, 0.2) is 0 Å². The molecule has 2 heterocycles. The van der Waals surface area contributed by atoms with Gasteiger partial charge in [-0.05, 0) is 42.0 Å². The zero-order valence-corrected chi connectivity index (χ0v) is 17.1. The molecule has 1 N–H and O–H groups in total. The summed E-state index contributed by atoms with van der Waals surface area (Å²) in [5.74, 6) is 0.295. The molecule has 0 spiro atoms. The standard InChI is InChI=1S/C24H26N2O4/c1-30-20-11-9-17(10-12-20)15-26-23(28)21(19-7-3-2-4-8-19)22(24(26)29)25-13-5-6-18(14-25)16-27/h2-4,7-12,18,27H,5-6,13-16H2,1H3. The first-order chi connectivity index (χ1) is 14.6. The predicted molar refractivity (Wildman–Crippen MR) is 113 cm³/mol. The van der Waals surface area contributed by atoms with Gasteiger partial charge in [-0.2, -0.15) is 0 Å². The highest BCUT2D eigenvalue weighted by Gasteiger charge is 2.42. The molecule has 156 valence electrons. The fourth-order valence-electron chi connectivity index (χ4n) is 4.20. The number of benzene rings is 2. The molecule has 2 aromatic rings. The van der Waals surface area contributed by atoms with Gasteiger partial charge in [0.2, 0.25) is 0 Å². The van der Waals surface area contributed by atoms with Gasteiger partial charge in [0.05, 0.1) is 19.2 Å². The smallest absolute Gasteiger partial charge is 0.278 e. The summed E-state index contributed by atoms with van der Waals surface area (Å²) < 4.78 is 5.19. The third kappa shape index (κ3) is 3.83. The van der Waals surface area contributed by atoms with Crippen molar-refractivity contribution in [2.75, 3.05) is 26.8 Å². The largest absolute Gasteiger partial charge is 0.497 e. The number of methoxy groups -OCH3 is 1. The van der Waals surface area contributed by atoms with E-state index < -0.39 is 0 Å². The van der Waals surface area contributed by atoms with Gasteiger partial charge in [0, 0.05) is 19.7 Å². The van der Waals surface area contributed by atoms with Crippen molar-refractivity contribution in [2.45, 2.75) is 19.4 Å². The number of rotatable bonds is 6. The molecule has 0 saturated carbocycles. The number of amides is 2. The minimum atomic E-state index is -0.275. The Labute approximate surface area is 176 Å². The number of imide groups is 1. The van der Waals surface area contributed by atoms with Crippen LogP contribution in [-0.2, 0) is 16.1 Å². The fourth-order valence-corrected chi connectivity index (χ4v) is 4.20. The molecule has 1 atom stereocenters. The number of aliphatic hydroxyl groups excluding tert-OH is 1. The lowest BCUT2D eigenvalue weighted by molar-refractivity contribution is -0.138. The maximum Gasteiger partial charge on any atom is 0.278 e. The first-order valence-electron chi connectivity index (χ1n) is 10.3. The number of nitrogens with zero attached hydrogens (tertiary/aromatic N) is 2. The molecular weight excluding hydrogens is 380 g/mol. The number of likely N-dealkylation sites (tertiary alicyclic amines) is 1. The van der Waals surface area contributed by atoms with Crippen LogP contribution in [0.3, 0.4) is 0 Å². The summed E-state index contributed by atoms with van der Waals surface area (Å²) in [6, 6.07) is 16.7. The van der Waals surface area contributed by atoms with E-state index in [0.29, 0.717) is 24.4 Å². The van der Waals surface area contributed by atoms with Crippen molar-refractivity contribution >= 4 is 17.4 Å². The predicted octanol–water partition coefficient (Wildman–Crippen LogP) is 2.68. The van der Waals surface area contributed by atoms with Gasteiger partial charge in [-0.1, -0.05) is 42.5 Å². The van der Waals surface area contributed by atoms with Crippen molar-refractivity contribution < 1.29 is 19.4 Å². The second kappa shape index (κ2) is 8.71. The van der Waals surface area contributed by atoms with E-state index in [1.165, 1.54) is 4.90 Å². The van der Waals surface area contributed by atoms with Crippen molar-refractivity contribution in [1.29, 1.82) is 0 Å². The number of aliphatic hydroxyl groups is 1. The minimum absolute atomic E-state index is 0.0855. The lowest BCUT2D eigenvalue weighted by Crippen LogP contribution is -2.40. The van der Waals surface area contributed by atoms with Crippen LogP contribution in [0.5, 0.6) is 5.75 Å². The average Bonchev–Trinajstić information content (AvgIpc) is 3.05. The molecule has 0 aromatic heterocycles. The molecule has 6 nitrogen and oxygen atoms in total. The molecular formula is C24H26N2O4. The second-order valence-electron chi connectivity index (χ2n) is 7.77. The first-order valence-corrected chi connectivity index (χ1v) is 10.3. The molecule has 2 aromatic carbocycles. The molecule has 0 radical (unpaired) electrons. The molecule has 2 aliphatic rings. The summed E-state index contributed by atoms with van der Waals surface area (Å²) in [5.41, 5.74) is 2.51. The summed E-state index contributed by atoms with van der Waals surface area (Å²) in [7, 11) is 1.60. The van der Waals surface area contributed by atoms with Gasteiger partial charge in [-0.15, -0.1) is 0 Å². The molecule has 2 amide bonds. The van der Waals surface area contributed by atoms with E-state index >= 15 is 0 Å². The Hall–Kier alpha value is -3.12. The highest BCUT2D eigenvalue weighted by molar-refractivity contribution is 6.35. The molecule has 6 heteroatoms. The summed E-state index contributed by atoms with van der Waals surface area (Å²) in [4.78, 5) is 30.1. The van der Waals surface area contributed by atoms with Crippen LogP contribution in [0, 0.1) is 5.92 Å². The van der Waals surface area contributed by atoms with Crippen molar-refractivity contribution in [3.8, 4) is 5.75 Å². The van der Waals surface area contributed by atoms with Gasteiger partial charge < -0.3 is 14.7 Å². The van der Waals surface area contributed by atoms with Crippen LogP contribution in [-0.4, -0.2) is 53.5 Å². The van der Waals surface area contributed by atoms with E-state index in [4.69, 9.17) is 4.74 Å². The SMILES string of the molecule is COc1ccc(CN2C(=O)C(c3ccccc3)=C(N3CCCC(CO)C3)C2=O)cc1. The van der Waals surface area contributed by atoms with E-state index in [2.05, 4.69) is 0 Å². The van der Waals surface area contributed by atoms with Crippen LogP contribution in [0.4, 0.5) is 0 Å². The topological polar surface area (TPSA) is 70.1 Å². The lowest BCUT2D eigenvalue weighted by Gasteiger charge is -2.34. The summed E-state index contributed by atoms with van der Waals surface area (Å²) in [5, 5.41) is 9.63. The first kappa shape index (κ1) is 20.2.